The Morgan fingerprint density at radius 2 is 1.65 bits per heavy atom. The van der Waals surface area contributed by atoms with Crippen molar-refractivity contribution in [1.82, 2.24) is 0 Å². The van der Waals surface area contributed by atoms with E-state index in [4.69, 9.17) is 28.2 Å². The molecule has 0 saturated heterocycles. The van der Waals surface area contributed by atoms with E-state index in [2.05, 4.69) is 31.1 Å². The van der Waals surface area contributed by atoms with E-state index in [-0.39, 0.29) is 0 Å². The average molecular weight is 360 g/mol. The Balaban J connectivity index is 2.57. The summed E-state index contributed by atoms with van der Waals surface area (Å²) in [6, 6.07) is 13.5. The van der Waals surface area contributed by atoms with Crippen molar-refractivity contribution in [1.29, 1.82) is 0 Å². The molecular weight excluding hydrogens is 341 g/mol. The van der Waals surface area contributed by atoms with Crippen molar-refractivity contribution >= 4 is 42.7 Å². The van der Waals surface area contributed by atoms with Crippen molar-refractivity contribution < 1.29 is 0 Å². The van der Waals surface area contributed by atoms with Gasteiger partial charge in [0.25, 0.3) is 0 Å². The fourth-order valence-corrected chi connectivity index (χ4v) is 2.72. The van der Waals surface area contributed by atoms with Gasteiger partial charge in [0, 0.05) is 5.56 Å². The first-order valence-corrected chi connectivity index (χ1v) is 11.6. The van der Waals surface area contributed by atoms with Crippen molar-refractivity contribution in [2.24, 2.45) is 4.99 Å². The minimum Gasteiger partial charge on any atom is -0.239 e. The van der Waals surface area contributed by atoms with E-state index in [0.29, 0.717) is 15.8 Å². The molecule has 0 aliphatic carbocycles. The van der Waals surface area contributed by atoms with Gasteiger partial charge in [-0.2, -0.15) is 0 Å². The highest BCUT2D eigenvalue weighted by molar-refractivity contribution is 6.84. The van der Waals surface area contributed by atoms with Crippen molar-refractivity contribution in [2.45, 2.75) is 26.6 Å². The van der Waals surface area contributed by atoms with E-state index >= 15 is 0 Å². The van der Waals surface area contributed by atoms with Crippen LogP contribution in [0.2, 0.25) is 29.7 Å². The highest BCUT2D eigenvalue weighted by atomic mass is 35.5. The molecule has 0 amide bonds. The van der Waals surface area contributed by atoms with Crippen LogP contribution in [0.25, 0.3) is 0 Å². The van der Waals surface area contributed by atoms with Crippen LogP contribution in [0.1, 0.15) is 11.1 Å². The van der Waals surface area contributed by atoms with E-state index < -0.39 is 8.07 Å². The molecule has 1 nitrogen and oxygen atoms in total. The van der Waals surface area contributed by atoms with Crippen LogP contribution in [0.15, 0.2) is 47.5 Å². The number of benzene rings is 2. The molecule has 0 bridgehead atoms. The number of nitrogens with zero attached hydrogens (tertiary/aromatic N) is 1. The molecule has 2 rings (SSSR count). The molecule has 4 heteroatoms. The topological polar surface area (TPSA) is 12.4 Å². The van der Waals surface area contributed by atoms with Crippen LogP contribution >= 0.6 is 23.2 Å². The van der Waals surface area contributed by atoms with Crippen LogP contribution in [0.5, 0.6) is 0 Å². The van der Waals surface area contributed by atoms with Crippen molar-refractivity contribution in [3.63, 3.8) is 0 Å². The van der Waals surface area contributed by atoms with E-state index in [0.717, 1.165) is 11.3 Å². The van der Waals surface area contributed by atoms with E-state index in [1.807, 2.05) is 43.3 Å². The van der Waals surface area contributed by atoms with E-state index in [9.17, 15) is 0 Å². The standard InChI is InChI=1S/C19H19Cl2NSi/c1-14-8-10-15(11-9-14)22-18(12-13-23(2,3)4)16-6-5-7-17(20)19(16)21/h5-11H,1-4H3. The summed E-state index contributed by atoms with van der Waals surface area (Å²) in [4.78, 5) is 4.70. The number of halogens is 2. The predicted octanol–water partition coefficient (Wildman–Crippen LogP) is 6.30. The van der Waals surface area contributed by atoms with Crippen LogP contribution in [-0.2, 0) is 0 Å². The lowest BCUT2D eigenvalue weighted by Gasteiger charge is -2.07. The smallest absolute Gasteiger partial charge is 0.129 e. The number of aliphatic imine (C=N–C) groups is 1. The molecular formula is C19H19Cl2NSi. The molecule has 2 aromatic carbocycles. The van der Waals surface area contributed by atoms with Gasteiger partial charge in [-0.3, -0.25) is 0 Å². The second-order valence-electron chi connectivity index (χ2n) is 6.40. The number of aryl methyl sites for hydroxylation is 1. The molecule has 23 heavy (non-hydrogen) atoms. The first-order chi connectivity index (χ1) is 10.8. The zero-order valence-electron chi connectivity index (χ0n) is 13.7. The third kappa shape index (κ3) is 5.25. The Labute approximate surface area is 149 Å². The fourth-order valence-electron chi connectivity index (χ4n) is 1.84. The van der Waals surface area contributed by atoms with E-state index in [1.165, 1.54) is 5.56 Å². The molecule has 0 aromatic heterocycles. The van der Waals surface area contributed by atoms with Gasteiger partial charge in [0.2, 0.25) is 0 Å². The molecule has 0 unspecified atom stereocenters. The number of hydrogen-bond donors (Lipinski definition) is 0. The third-order valence-electron chi connectivity index (χ3n) is 3.04. The molecule has 0 aliphatic rings. The Morgan fingerprint density at radius 1 is 1.00 bits per heavy atom. The van der Waals surface area contributed by atoms with Gasteiger partial charge in [-0.25, -0.2) is 4.99 Å². The second kappa shape index (κ2) is 7.36. The predicted molar refractivity (Wildman–Crippen MR) is 105 cm³/mol. The van der Waals surface area contributed by atoms with Crippen LogP contribution < -0.4 is 0 Å². The minimum atomic E-state index is -1.53. The maximum absolute atomic E-state index is 6.36. The maximum atomic E-state index is 6.36. The summed E-state index contributed by atoms with van der Waals surface area (Å²) in [5.41, 5.74) is 6.83. The first kappa shape index (κ1) is 17.8. The van der Waals surface area contributed by atoms with Crippen LogP contribution in [-0.4, -0.2) is 13.8 Å². The van der Waals surface area contributed by atoms with Gasteiger partial charge in [0.05, 0.1) is 15.7 Å². The van der Waals surface area contributed by atoms with Crippen molar-refractivity contribution in [3.8, 4) is 11.5 Å². The Hall–Kier alpha value is -1.53. The Kier molecular flexibility index (Phi) is 5.70. The molecule has 0 radical (unpaired) electrons. The first-order valence-electron chi connectivity index (χ1n) is 7.39. The number of rotatable bonds is 2. The summed E-state index contributed by atoms with van der Waals surface area (Å²) >= 11 is 12.5. The van der Waals surface area contributed by atoms with Crippen LogP contribution in [0, 0.1) is 18.4 Å². The van der Waals surface area contributed by atoms with Gasteiger partial charge in [0.1, 0.15) is 13.8 Å². The summed E-state index contributed by atoms with van der Waals surface area (Å²) in [5.74, 6) is 3.23. The average Bonchev–Trinajstić information content (AvgIpc) is 2.48. The van der Waals surface area contributed by atoms with Gasteiger partial charge in [-0.05, 0) is 25.1 Å². The van der Waals surface area contributed by atoms with Gasteiger partial charge in [-0.15, -0.1) is 5.54 Å². The Bertz CT molecular complexity index is 791. The quantitative estimate of drug-likeness (QED) is 0.338. The van der Waals surface area contributed by atoms with Gasteiger partial charge in [-0.1, -0.05) is 78.6 Å². The summed E-state index contributed by atoms with van der Waals surface area (Å²) in [5, 5.41) is 1.00. The highest BCUT2D eigenvalue weighted by Gasteiger charge is 2.12. The zero-order valence-corrected chi connectivity index (χ0v) is 16.3. The van der Waals surface area contributed by atoms with Gasteiger partial charge >= 0.3 is 0 Å². The van der Waals surface area contributed by atoms with Crippen LogP contribution in [0.4, 0.5) is 5.69 Å². The highest BCUT2D eigenvalue weighted by Crippen LogP contribution is 2.27. The van der Waals surface area contributed by atoms with Crippen molar-refractivity contribution in [3.05, 3.63) is 63.6 Å². The third-order valence-corrected chi connectivity index (χ3v) is 4.73. The second-order valence-corrected chi connectivity index (χ2v) is 11.9. The number of hydrogen-bond acceptors (Lipinski definition) is 1. The molecule has 0 N–H and O–H groups in total. The largest absolute Gasteiger partial charge is 0.239 e. The molecule has 0 saturated carbocycles. The van der Waals surface area contributed by atoms with Gasteiger partial charge in [0.15, 0.2) is 0 Å². The molecule has 0 atom stereocenters. The summed E-state index contributed by atoms with van der Waals surface area (Å²) in [6.07, 6.45) is 0. The van der Waals surface area contributed by atoms with Crippen molar-refractivity contribution in [2.75, 3.05) is 0 Å². The molecule has 0 aliphatic heterocycles. The lowest BCUT2D eigenvalue weighted by Crippen LogP contribution is -2.17. The SMILES string of the molecule is Cc1ccc(N=C(C#C[Si](C)(C)C)c2cccc(Cl)c2Cl)cc1. The maximum Gasteiger partial charge on any atom is 0.129 e. The Morgan fingerprint density at radius 3 is 2.26 bits per heavy atom. The summed E-state index contributed by atoms with van der Waals surface area (Å²) < 4.78 is 0. The molecule has 118 valence electrons. The van der Waals surface area contributed by atoms with Crippen LogP contribution in [0.3, 0.4) is 0 Å². The summed E-state index contributed by atoms with van der Waals surface area (Å²) in [7, 11) is -1.53. The normalized spacial score (nSPS) is 11.8. The van der Waals surface area contributed by atoms with Gasteiger partial charge < -0.3 is 0 Å². The zero-order chi connectivity index (χ0) is 17.0. The van der Waals surface area contributed by atoms with E-state index in [1.54, 1.807) is 6.07 Å². The lowest BCUT2D eigenvalue weighted by molar-refractivity contribution is 1.43. The molecule has 0 fully saturated rings. The molecule has 0 spiro atoms. The summed E-state index contributed by atoms with van der Waals surface area (Å²) in [6.45, 7) is 8.64. The minimum absolute atomic E-state index is 0.491. The molecule has 2 aromatic rings. The molecule has 0 heterocycles. The monoisotopic (exact) mass is 359 g/mol. The lowest BCUT2D eigenvalue weighted by atomic mass is 10.1. The fraction of sp³-hybridized carbons (Fsp3) is 0.211.